The number of benzene rings is 2. The number of carbonyl (C=O) groups is 1. The van der Waals surface area contributed by atoms with Crippen molar-refractivity contribution in [3.8, 4) is 22.5 Å². The zero-order chi connectivity index (χ0) is 24.4. The maximum absolute atomic E-state index is 11.2. The molecule has 0 bridgehead atoms. The van der Waals surface area contributed by atoms with Crippen molar-refractivity contribution in [3.63, 3.8) is 0 Å². The van der Waals surface area contributed by atoms with Crippen LogP contribution < -0.4 is 0 Å². The molecule has 3 heterocycles. The SMILES string of the molecule is CC(c1ccc(C(=O)O)cc1)N1CCC(c2[nH]nc(-c3ccc(Cl)cc3)c2-c2ccncn2)CC1. The number of nitrogens with one attached hydrogen (secondary N) is 1. The van der Waals surface area contributed by atoms with Crippen LogP contribution >= 0.6 is 11.6 Å². The summed E-state index contributed by atoms with van der Waals surface area (Å²) >= 11 is 6.11. The number of piperidine rings is 1. The molecule has 1 fully saturated rings. The highest BCUT2D eigenvalue weighted by molar-refractivity contribution is 6.30. The molecule has 7 nitrogen and oxygen atoms in total. The van der Waals surface area contributed by atoms with Gasteiger partial charge in [0.25, 0.3) is 0 Å². The summed E-state index contributed by atoms with van der Waals surface area (Å²) < 4.78 is 0. The van der Waals surface area contributed by atoms with E-state index in [1.54, 1.807) is 24.7 Å². The molecule has 1 aliphatic rings. The average molecular weight is 488 g/mol. The fraction of sp³-hybridized carbons (Fsp3) is 0.259. The molecule has 0 amide bonds. The minimum atomic E-state index is -0.901. The Balaban J connectivity index is 1.37. The Bertz CT molecular complexity index is 1300. The Hall–Kier alpha value is -3.55. The summed E-state index contributed by atoms with van der Waals surface area (Å²) in [5.41, 5.74) is 6.26. The number of carboxylic acid groups (broad SMARTS) is 1. The number of rotatable bonds is 6. The molecule has 2 aromatic heterocycles. The van der Waals surface area contributed by atoms with Gasteiger partial charge >= 0.3 is 5.97 Å². The smallest absolute Gasteiger partial charge is 0.335 e. The summed E-state index contributed by atoms with van der Waals surface area (Å²) in [6, 6.07) is 17.0. The third kappa shape index (κ3) is 4.83. The van der Waals surface area contributed by atoms with E-state index in [1.807, 2.05) is 42.5 Å². The van der Waals surface area contributed by atoms with Crippen LogP contribution in [0.5, 0.6) is 0 Å². The molecule has 1 aliphatic heterocycles. The monoisotopic (exact) mass is 487 g/mol. The molecule has 1 saturated heterocycles. The summed E-state index contributed by atoms with van der Waals surface area (Å²) in [7, 11) is 0. The van der Waals surface area contributed by atoms with Crippen molar-refractivity contribution < 1.29 is 9.90 Å². The van der Waals surface area contributed by atoms with Crippen LogP contribution in [0.1, 0.15) is 53.3 Å². The Morgan fingerprint density at radius 3 is 2.43 bits per heavy atom. The zero-order valence-electron chi connectivity index (χ0n) is 19.4. The fourth-order valence-corrected chi connectivity index (χ4v) is 4.98. The van der Waals surface area contributed by atoms with E-state index in [0.29, 0.717) is 16.5 Å². The number of nitrogens with zero attached hydrogens (tertiary/aromatic N) is 4. The molecule has 1 unspecified atom stereocenters. The second-order valence-electron chi connectivity index (χ2n) is 8.88. The summed E-state index contributed by atoms with van der Waals surface area (Å²) in [4.78, 5) is 22.2. The van der Waals surface area contributed by atoms with Crippen LogP contribution in [0.2, 0.25) is 5.02 Å². The van der Waals surface area contributed by atoms with Crippen LogP contribution in [0, 0.1) is 0 Å². The quantitative estimate of drug-likeness (QED) is 0.355. The maximum atomic E-state index is 11.2. The Morgan fingerprint density at radius 2 is 1.80 bits per heavy atom. The molecule has 0 aliphatic carbocycles. The molecule has 2 aromatic carbocycles. The third-order valence-electron chi connectivity index (χ3n) is 6.88. The number of aromatic nitrogens is 4. The van der Waals surface area contributed by atoms with Gasteiger partial charge in [0.15, 0.2) is 0 Å². The molecule has 8 heteroatoms. The van der Waals surface area contributed by atoms with E-state index in [2.05, 4.69) is 26.9 Å². The van der Waals surface area contributed by atoms with Crippen LogP contribution in [0.25, 0.3) is 22.5 Å². The normalized spacial score (nSPS) is 15.7. The van der Waals surface area contributed by atoms with Crippen molar-refractivity contribution in [2.24, 2.45) is 0 Å². The lowest BCUT2D eigenvalue weighted by Gasteiger charge is -2.36. The maximum Gasteiger partial charge on any atom is 0.335 e. The number of halogens is 1. The van der Waals surface area contributed by atoms with Crippen molar-refractivity contribution in [2.45, 2.75) is 31.7 Å². The lowest BCUT2D eigenvalue weighted by molar-refractivity contribution is 0.0696. The van der Waals surface area contributed by atoms with Crippen LogP contribution in [0.3, 0.4) is 0 Å². The van der Waals surface area contributed by atoms with E-state index < -0.39 is 5.97 Å². The van der Waals surface area contributed by atoms with E-state index in [9.17, 15) is 4.79 Å². The van der Waals surface area contributed by atoms with Crippen molar-refractivity contribution in [2.75, 3.05) is 13.1 Å². The van der Waals surface area contributed by atoms with Gasteiger partial charge in [0.1, 0.15) is 12.0 Å². The van der Waals surface area contributed by atoms with Gasteiger partial charge in [0, 0.05) is 40.0 Å². The summed E-state index contributed by atoms with van der Waals surface area (Å²) in [5.74, 6) is -0.576. The summed E-state index contributed by atoms with van der Waals surface area (Å²) in [5, 5.41) is 17.9. The van der Waals surface area contributed by atoms with Crippen LogP contribution in [-0.4, -0.2) is 49.2 Å². The minimum absolute atomic E-state index is 0.214. The summed E-state index contributed by atoms with van der Waals surface area (Å²) in [6.45, 7) is 4.05. The van der Waals surface area contributed by atoms with Crippen molar-refractivity contribution >= 4 is 17.6 Å². The van der Waals surface area contributed by atoms with E-state index in [1.165, 1.54) is 0 Å². The second kappa shape index (κ2) is 9.98. The van der Waals surface area contributed by atoms with E-state index >= 15 is 0 Å². The lowest BCUT2D eigenvalue weighted by Crippen LogP contribution is -2.35. The largest absolute Gasteiger partial charge is 0.478 e. The van der Waals surface area contributed by atoms with E-state index in [4.69, 9.17) is 21.8 Å². The molecular weight excluding hydrogens is 462 g/mol. The number of likely N-dealkylation sites (tertiary alicyclic amines) is 1. The molecular formula is C27H26ClN5O2. The Kier molecular flexibility index (Phi) is 6.61. The standard InChI is InChI=1S/C27H26ClN5O2/c1-17(18-2-4-21(5-3-18)27(34)35)33-14-11-20(12-15-33)26-24(23-10-13-29-16-30-23)25(31-32-26)19-6-8-22(28)9-7-19/h2-10,13,16-17,20H,11-12,14-15H2,1H3,(H,31,32)(H,34,35). The number of aromatic amines is 1. The van der Waals surface area contributed by atoms with Crippen LogP contribution in [0.15, 0.2) is 67.1 Å². The molecule has 0 radical (unpaired) electrons. The van der Waals surface area contributed by atoms with E-state index in [0.717, 1.165) is 59.7 Å². The molecule has 2 N–H and O–H groups in total. The predicted octanol–water partition coefficient (Wildman–Crippen LogP) is 5.83. The van der Waals surface area contributed by atoms with Gasteiger partial charge in [-0.2, -0.15) is 5.10 Å². The first-order valence-corrected chi connectivity index (χ1v) is 12.1. The average Bonchev–Trinajstić information content (AvgIpc) is 3.34. The molecule has 0 spiro atoms. The van der Waals surface area contributed by atoms with Gasteiger partial charge in [-0.05, 0) is 68.8 Å². The first-order valence-electron chi connectivity index (χ1n) is 11.7. The first kappa shape index (κ1) is 23.2. The highest BCUT2D eigenvalue weighted by Gasteiger charge is 2.29. The van der Waals surface area contributed by atoms with E-state index in [-0.39, 0.29) is 6.04 Å². The highest BCUT2D eigenvalue weighted by Crippen LogP contribution is 2.40. The zero-order valence-corrected chi connectivity index (χ0v) is 20.1. The summed E-state index contributed by atoms with van der Waals surface area (Å²) in [6.07, 6.45) is 5.29. The lowest BCUT2D eigenvalue weighted by atomic mass is 9.88. The van der Waals surface area contributed by atoms with Gasteiger partial charge in [-0.25, -0.2) is 14.8 Å². The Labute approximate surface area is 208 Å². The number of carboxylic acids is 1. The topological polar surface area (TPSA) is 95.0 Å². The van der Waals surface area contributed by atoms with Gasteiger partial charge in [-0.15, -0.1) is 0 Å². The molecule has 178 valence electrons. The predicted molar refractivity (Wildman–Crippen MR) is 135 cm³/mol. The minimum Gasteiger partial charge on any atom is -0.478 e. The second-order valence-corrected chi connectivity index (χ2v) is 9.31. The first-order chi connectivity index (χ1) is 17.0. The van der Waals surface area contributed by atoms with Crippen LogP contribution in [0.4, 0.5) is 0 Å². The molecule has 5 rings (SSSR count). The molecule has 35 heavy (non-hydrogen) atoms. The number of hydrogen-bond acceptors (Lipinski definition) is 5. The van der Waals surface area contributed by atoms with Crippen molar-refractivity contribution in [1.82, 2.24) is 25.1 Å². The van der Waals surface area contributed by atoms with Gasteiger partial charge in [-0.3, -0.25) is 10.00 Å². The van der Waals surface area contributed by atoms with Crippen molar-refractivity contribution in [1.29, 1.82) is 0 Å². The Morgan fingerprint density at radius 1 is 1.09 bits per heavy atom. The molecule has 0 saturated carbocycles. The van der Waals surface area contributed by atoms with Gasteiger partial charge in [-0.1, -0.05) is 35.9 Å². The number of aromatic carboxylic acids is 1. The number of hydrogen-bond donors (Lipinski definition) is 2. The highest BCUT2D eigenvalue weighted by atomic mass is 35.5. The van der Waals surface area contributed by atoms with Gasteiger partial charge < -0.3 is 5.11 Å². The van der Waals surface area contributed by atoms with Crippen molar-refractivity contribution in [3.05, 3.63) is 89.0 Å². The van der Waals surface area contributed by atoms with Gasteiger partial charge in [0.05, 0.1) is 11.3 Å². The van der Waals surface area contributed by atoms with Gasteiger partial charge in [0.2, 0.25) is 0 Å². The number of H-pyrrole nitrogens is 1. The molecule has 1 atom stereocenters. The molecule has 4 aromatic rings. The fourth-order valence-electron chi connectivity index (χ4n) is 4.86. The van der Waals surface area contributed by atoms with Crippen LogP contribution in [-0.2, 0) is 0 Å². The third-order valence-corrected chi connectivity index (χ3v) is 7.13.